The molecule has 3 saturated heterocycles. The lowest BCUT2D eigenvalue weighted by Crippen LogP contribution is -2.40. The Bertz CT molecular complexity index is 1260. The predicted octanol–water partition coefficient (Wildman–Crippen LogP) is 3.93. The number of aromatic nitrogens is 3. The van der Waals surface area contributed by atoms with Crippen LogP contribution >= 0.6 is 24.2 Å². The molecule has 1 unspecified atom stereocenters. The molecule has 0 radical (unpaired) electrons. The molecule has 37 heavy (non-hydrogen) atoms. The Morgan fingerprint density at radius 1 is 1.03 bits per heavy atom. The van der Waals surface area contributed by atoms with Crippen molar-refractivity contribution in [2.24, 2.45) is 0 Å². The minimum atomic E-state index is -0.138. The summed E-state index contributed by atoms with van der Waals surface area (Å²) in [5.74, 6) is 1.91. The van der Waals surface area contributed by atoms with Crippen molar-refractivity contribution < 1.29 is 9.53 Å². The van der Waals surface area contributed by atoms with E-state index >= 15 is 0 Å². The number of nitrogens with two attached hydrogens (primary N) is 1. The fraction of sp³-hybridized carbons (Fsp3) is 0.500. The van der Waals surface area contributed by atoms with Crippen LogP contribution in [0.1, 0.15) is 47.8 Å². The average Bonchev–Trinajstić information content (AvgIpc) is 3.34. The minimum Gasteiger partial charge on any atom is -0.398 e. The fourth-order valence-corrected chi connectivity index (χ4v) is 5.37. The number of piperidine rings is 1. The van der Waals surface area contributed by atoms with E-state index in [1.165, 1.54) is 6.42 Å². The van der Waals surface area contributed by atoms with Gasteiger partial charge in [0.05, 0.1) is 30.5 Å². The summed E-state index contributed by atoms with van der Waals surface area (Å²) < 4.78 is 7.52. The molecule has 0 spiro atoms. The third kappa shape index (κ3) is 5.19. The normalized spacial score (nSPS) is 19.9. The van der Waals surface area contributed by atoms with Crippen LogP contribution in [0, 0.1) is 0 Å². The van der Waals surface area contributed by atoms with E-state index in [1.54, 1.807) is 24.5 Å². The lowest BCUT2D eigenvalue weighted by molar-refractivity contribution is 0.0607. The Labute approximate surface area is 227 Å². The topological polar surface area (TPSA) is 92.2 Å². The largest absolute Gasteiger partial charge is 0.398 e. The number of nitrogens with zero attached hydrogens (tertiary/aromatic N) is 6. The summed E-state index contributed by atoms with van der Waals surface area (Å²) in [6.07, 6.45) is 5.72. The van der Waals surface area contributed by atoms with Gasteiger partial charge in [-0.15, -0.1) is 0 Å². The molecule has 3 aromatic rings. The van der Waals surface area contributed by atoms with E-state index < -0.39 is 0 Å². The molecule has 0 aliphatic carbocycles. The number of thiol groups is 1. The molecular weight excluding hydrogens is 510 g/mol. The smallest absolute Gasteiger partial charge is 0.256 e. The van der Waals surface area contributed by atoms with Gasteiger partial charge in [0.15, 0.2) is 5.65 Å². The molecule has 9 nitrogen and oxygen atoms in total. The van der Waals surface area contributed by atoms with Crippen molar-refractivity contribution in [3.05, 3.63) is 46.6 Å². The van der Waals surface area contributed by atoms with Crippen LogP contribution in [0.2, 0.25) is 5.02 Å². The van der Waals surface area contributed by atoms with Gasteiger partial charge in [0.2, 0.25) is 0 Å². The first-order chi connectivity index (χ1) is 18.1. The maximum absolute atomic E-state index is 13.6. The summed E-state index contributed by atoms with van der Waals surface area (Å²) in [7, 11) is 0. The zero-order valence-corrected chi connectivity index (χ0v) is 22.8. The molecule has 6 rings (SSSR count). The molecule has 3 fully saturated rings. The second-order valence-corrected chi connectivity index (χ2v) is 9.93. The van der Waals surface area contributed by atoms with Crippen molar-refractivity contribution in [1.82, 2.24) is 19.5 Å². The number of benzene rings is 1. The van der Waals surface area contributed by atoms with E-state index in [0.29, 0.717) is 36.0 Å². The molecule has 1 aromatic carbocycles. The molecule has 3 aliphatic heterocycles. The molecule has 1 atom stereocenters. The number of rotatable bonds is 4. The number of fused-ring (bicyclic) bond motifs is 1. The summed E-state index contributed by atoms with van der Waals surface area (Å²) in [6, 6.07) is 9.11. The number of nitrogen functional groups attached to an aromatic ring is 1. The second-order valence-electron chi connectivity index (χ2n) is 9.49. The molecular formula is C26H34ClN7O2S. The fourth-order valence-electron chi connectivity index (χ4n) is 5.20. The van der Waals surface area contributed by atoms with Gasteiger partial charge in [0.25, 0.3) is 5.91 Å². The van der Waals surface area contributed by atoms with Gasteiger partial charge in [-0.3, -0.25) is 4.79 Å². The summed E-state index contributed by atoms with van der Waals surface area (Å²) >= 11 is 9.71. The summed E-state index contributed by atoms with van der Waals surface area (Å²) in [5.41, 5.74) is 8.71. The van der Waals surface area contributed by atoms with Crippen molar-refractivity contribution in [1.29, 1.82) is 0 Å². The number of anilines is 3. The Kier molecular flexibility index (Phi) is 7.97. The Morgan fingerprint density at radius 3 is 2.54 bits per heavy atom. The van der Waals surface area contributed by atoms with Gasteiger partial charge in [-0.2, -0.15) is 22.2 Å². The minimum absolute atomic E-state index is 0.102. The highest BCUT2D eigenvalue weighted by Crippen LogP contribution is 2.35. The molecule has 11 heteroatoms. The van der Waals surface area contributed by atoms with E-state index in [2.05, 4.69) is 28.5 Å². The van der Waals surface area contributed by atoms with Crippen LogP contribution in [0.3, 0.4) is 0 Å². The number of morpholine rings is 1. The van der Waals surface area contributed by atoms with Gasteiger partial charge in [0, 0.05) is 55.6 Å². The summed E-state index contributed by atoms with van der Waals surface area (Å²) in [5, 5.41) is 5.53. The molecule has 198 valence electrons. The van der Waals surface area contributed by atoms with Crippen LogP contribution in [-0.4, -0.2) is 77.6 Å². The average molecular weight is 544 g/mol. The van der Waals surface area contributed by atoms with Crippen molar-refractivity contribution in [2.75, 3.05) is 67.7 Å². The van der Waals surface area contributed by atoms with Crippen LogP contribution in [0.5, 0.6) is 0 Å². The van der Waals surface area contributed by atoms with E-state index in [4.69, 9.17) is 32.2 Å². The van der Waals surface area contributed by atoms with E-state index in [0.717, 1.165) is 68.4 Å². The van der Waals surface area contributed by atoms with Gasteiger partial charge >= 0.3 is 0 Å². The zero-order valence-electron chi connectivity index (χ0n) is 21.1. The monoisotopic (exact) mass is 543 g/mol. The lowest BCUT2D eigenvalue weighted by Gasteiger charge is -2.35. The number of likely N-dealkylation sites (tertiary alicyclic amines) is 1. The summed E-state index contributed by atoms with van der Waals surface area (Å²) in [4.78, 5) is 25.0. The number of carbonyl (C=O) groups is 1. The molecule has 0 saturated carbocycles. The third-order valence-electron chi connectivity index (χ3n) is 7.28. The number of hydrogen-bond donors (Lipinski definition) is 2. The Balaban J connectivity index is 0.00000137. The van der Waals surface area contributed by atoms with Gasteiger partial charge < -0.3 is 25.2 Å². The Morgan fingerprint density at radius 2 is 1.81 bits per heavy atom. The molecule has 5 heterocycles. The Hall–Kier alpha value is -2.69. The van der Waals surface area contributed by atoms with Crippen LogP contribution < -0.4 is 15.5 Å². The number of carbonyl (C=O) groups excluding carboxylic acids is 1. The summed E-state index contributed by atoms with van der Waals surface area (Å²) in [6.45, 7) is 5.74. The predicted molar refractivity (Wildman–Crippen MR) is 151 cm³/mol. The number of halogens is 1. The zero-order chi connectivity index (χ0) is 25.9. The van der Waals surface area contributed by atoms with Crippen molar-refractivity contribution >= 4 is 53.1 Å². The molecule has 3 aliphatic rings. The van der Waals surface area contributed by atoms with E-state index in [1.807, 2.05) is 15.5 Å². The maximum Gasteiger partial charge on any atom is 0.256 e. The van der Waals surface area contributed by atoms with Gasteiger partial charge in [-0.1, -0.05) is 11.6 Å². The number of amides is 1. The SMILES string of the molecule is CS.Nc1ccc(Cl)cc1C(=O)N1CCCCC1c1cc2nc(N3CCC3)cc(N3CCOCC3)n2n1. The van der Waals surface area contributed by atoms with Gasteiger partial charge in [0.1, 0.15) is 11.6 Å². The standard InChI is InChI=1S/C25H30ClN7O2.CH4S/c26-17-5-6-19(27)18(14-17)25(34)32-9-2-1-4-21(32)20-15-23-28-22(30-7-3-8-30)16-24(33(23)29-20)31-10-12-35-13-11-31;1-2/h5-6,14-16,21H,1-4,7-13,27H2;2H,1H3. The molecule has 2 aromatic heterocycles. The van der Waals surface area contributed by atoms with Crippen LogP contribution in [0.25, 0.3) is 5.65 Å². The lowest BCUT2D eigenvalue weighted by atomic mass is 9.98. The first kappa shape index (κ1) is 25.9. The quantitative estimate of drug-likeness (QED) is 0.380. The highest BCUT2D eigenvalue weighted by molar-refractivity contribution is 7.79. The molecule has 2 N–H and O–H groups in total. The number of ether oxygens (including phenoxy) is 1. The van der Waals surface area contributed by atoms with Gasteiger partial charge in [-0.05, 0) is 50.1 Å². The van der Waals surface area contributed by atoms with E-state index in [9.17, 15) is 4.79 Å². The van der Waals surface area contributed by atoms with Crippen LogP contribution in [0.4, 0.5) is 17.3 Å². The van der Waals surface area contributed by atoms with E-state index in [-0.39, 0.29) is 11.9 Å². The molecule has 1 amide bonds. The number of hydrogen-bond acceptors (Lipinski definition) is 8. The second kappa shape index (κ2) is 11.4. The first-order valence-corrected chi connectivity index (χ1v) is 14.1. The van der Waals surface area contributed by atoms with Crippen molar-refractivity contribution in [2.45, 2.75) is 31.7 Å². The van der Waals surface area contributed by atoms with Gasteiger partial charge in [-0.25, -0.2) is 4.98 Å². The highest BCUT2D eigenvalue weighted by Gasteiger charge is 2.32. The highest BCUT2D eigenvalue weighted by atomic mass is 35.5. The maximum atomic E-state index is 13.6. The van der Waals surface area contributed by atoms with Crippen molar-refractivity contribution in [3.8, 4) is 0 Å². The first-order valence-electron chi connectivity index (χ1n) is 12.9. The third-order valence-corrected chi connectivity index (χ3v) is 7.51. The van der Waals surface area contributed by atoms with Crippen LogP contribution in [0.15, 0.2) is 30.3 Å². The molecule has 0 bridgehead atoms. The van der Waals surface area contributed by atoms with Crippen LogP contribution in [-0.2, 0) is 4.74 Å². The van der Waals surface area contributed by atoms with Crippen molar-refractivity contribution in [3.63, 3.8) is 0 Å².